The summed E-state index contributed by atoms with van der Waals surface area (Å²) in [6.07, 6.45) is 9.04. The minimum absolute atomic E-state index is 0.155. The van der Waals surface area contributed by atoms with Gasteiger partial charge in [0.05, 0.1) is 0 Å². The van der Waals surface area contributed by atoms with Crippen molar-refractivity contribution in [2.75, 3.05) is 0 Å². The summed E-state index contributed by atoms with van der Waals surface area (Å²) in [5.41, 5.74) is 0. The van der Waals surface area contributed by atoms with E-state index in [9.17, 15) is 4.79 Å². The van der Waals surface area contributed by atoms with Gasteiger partial charge in [0.2, 0.25) is 5.91 Å². The van der Waals surface area contributed by atoms with Crippen LogP contribution >= 0.6 is 0 Å². The molecule has 0 bridgehead atoms. The van der Waals surface area contributed by atoms with Crippen molar-refractivity contribution in [1.29, 1.82) is 0 Å². The fourth-order valence-electron chi connectivity index (χ4n) is 3.24. The van der Waals surface area contributed by atoms with Crippen LogP contribution in [0.1, 0.15) is 57.1 Å². The molecule has 114 valence electrons. The molecule has 1 aliphatic carbocycles. The van der Waals surface area contributed by atoms with E-state index in [4.69, 9.17) is 0 Å². The molecule has 1 N–H and O–H groups in total. The summed E-state index contributed by atoms with van der Waals surface area (Å²) in [7, 11) is 0. The van der Waals surface area contributed by atoms with E-state index in [1.807, 2.05) is 0 Å². The number of rotatable bonds is 3. The topological polar surface area (TPSA) is 59.8 Å². The van der Waals surface area contributed by atoms with E-state index in [-0.39, 0.29) is 17.9 Å². The first-order chi connectivity index (χ1) is 10.1. The Bertz CT molecular complexity index is 546. The maximum atomic E-state index is 12.3. The zero-order valence-electron chi connectivity index (χ0n) is 12.9. The highest BCUT2D eigenvalue weighted by Gasteiger charge is 2.27. The summed E-state index contributed by atoms with van der Waals surface area (Å²) in [6.45, 7) is 5.08. The number of hydrogen-bond donors (Lipinski definition) is 1. The van der Waals surface area contributed by atoms with Crippen LogP contribution in [0.2, 0.25) is 0 Å². The third-order valence-corrected chi connectivity index (χ3v) is 4.48. The molecular weight excluding hydrogens is 264 g/mol. The lowest BCUT2D eigenvalue weighted by Crippen LogP contribution is -2.44. The number of fused-ring (bicyclic) bond motifs is 1. The molecule has 0 saturated heterocycles. The van der Waals surface area contributed by atoms with Crippen LogP contribution in [0.25, 0.3) is 0 Å². The molecule has 3 rings (SSSR count). The van der Waals surface area contributed by atoms with E-state index < -0.39 is 0 Å². The van der Waals surface area contributed by atoms with E-state index in [2.05, 4.69) is 46.1 Å². The molecule has 0 saturated carbocycles. The number of aromatic nitrogens is 3. The highest BCUT2D eigenvalue weighted by molar-refractivity contribution is 5.79. The zero-order chi connectivity index (χ0) is 14.8. The van der Waals surface area contributed by atoms with Gasteiger partial charge < -0.3 is 9.88 Å². The summed E-state index contributed by atoms with van der Waals surface area (Å²) in [5, 5.41) is 11.8. The third-order valence-electron chi connectivity index (χ3n) is 4.48. The quantitative estimate of drug-likeness (QED) is 0.867. The van der Waals surface area contributed by atoms with Gasteiger partial charge in [-0.15, -0.1) is 10.2 Å². The Balaban J connectivity index is 1.64. The van der Waals surface area contributed by atoms with Crippen LogP contribution in [0.3, 0.4) is 0 Å². The second kappa shape index (κ2) is 6.00. The van der Waals surface area contributed by atoms with Crippen molar-refractivity contribution in [2.45, 2.75) is 64.5 Å². The molecule has 1 aromatic rings. The molecule has 2 atom stereocenters. The molecule has 0 aromatic carbocycles. The normalized spacial score (nSPS) is 24.9. The predicted octanol–water partition coefficient (Wildman–Crippen LogP) is 2.19. The van der Waals surface area contributed by atoms with Gasteiger partial charge in [0, 0.05) is 30.8 Å². The number of carbonyl (C=O) groups is 1. The maximum absolute atomic E-state index is 12.3. The first-order valence-corrected chi connectivity index (χ1v) is 8.02. The Morgan fingerprint density at radius 3 is 2.90 bits per heavy atom. The largest absolute Gasteiger partial charge is 0.351 e. The number of amides is 1. The van der Waals surface area contributed by atoms with Crippen LogP contribution in [0.5, 0.6) is 0 Å². The Morgan fingerprint density at radius 2 is 2.19 bits per heavy atom. The van der Waals surface area contributed by atoms with Crippen molar-refractivity contribution in [1.82, 2.24) is 20.1 Å². The Hall–Kier alpha value is -1.65. The molecule has 21 heavy (non-hydrogen) atoms. The highest BCUT2D eigenvalue weighted by atomic mass is 16.1. The van der Waals surface area contributed by atoms with Crippen LogP contribution in [0, 0.1) is 5.92 Å². The predicted molar refractivity (Wildman–Crippen MR) is 80.8 cm³/mol. The van der Waals surface area contributed by atoms with E-state index in [1.54, 1.807) is 0 Å². The second-order valence-corrected chi connectivity index (χ2v) is 6.47. The van der Waals surface area contributed by atoms with Gasteiger partial charge in [0.15, 0.2) is 0 Å². The first-order valence-electron chi connectivity index (χ1n) is 8.02. The molecule has 2 heterocycles. The molecule has 1 aliphatic heterocycles. The Morgan fingerprint density at radius 1 is 1.33 bits per heavy atom. The lowest BCUT2D eigenvalue weighted by molar-refractivity contribution is -0.126. The summed E-state index contributed by atoms with van der Waals surface area (Å²) in [6, 6.07) is 0.212. The number of nitrogens with one attached hydrogen (secondary N) is 1. The molecule has 2 aliphatic rings. The monoisotopic (exact) mass is 288 g/mol. The fraction of sp³-hybridized carbons (Fsp3) is 0.688. The van der Waals surface area contributed by atoms with Crippen LogP contribution in [0.15, 0.2) is 12.2 Å². The van der Waals surface area contributed by atoms with Crippen molar-refractivity contribution < 1.29 is 4.79 Å². The van der Waals surface area contributed by atoms with Crippen molar-refractivity contribution >= 4 is 5.91 Å². The van der Waals surface area contributed by atoms with Gasteiger partial charge in [-0.3, -0.25) is 4.79 Å². The number of hydrogen-bond acceptors (Lipinski definition) is 3. The lowest BCUT2D eigenvalue weighted by Gasteiger charge is -2.28. The molecule has 1 amide bonds. The fourth-order valence-corrected chi connectivity index (χ4v) is 3.24. The molecule has 0 radical (unpaired) electrons. The first kappa shape index (κ1) is 14.3. The SMILES string of the molecule is CC(C)c1nnc2n1C[C@@H](NC(=O)[C@H]1CC=CCC1)CC2. The minimum atomic E-state index is 0.155. The molecule has 0 fully saturated rings. The van der Waals surface area contributed by atoms with Crippen LogP contribution < -0.4 is 5.32 Å². The van der Waals surface area contributed by atoms with Gasteiger partial charge in [-0.05, 0) is 25.7 Å². The average Bonchev–Trinajstić information content (AvgIpc) is 2.91. The third kappa shape index (κ3) is 3.01. The lowest BCUT2D eigenvalue weighted by atomic mass is 9.93. The standard InChI is InChI=1S/C16H24N4O/c1-11(2)15-19-18-14-9-8-13(10-20(14)15)17-16(21)12-6-4-3-5-7-12/h3-4,11-13H,5-10H2,1-2H3,(H,17,21)/t12-,13-/m0/s1. The second-order valence-electron chi connectivity index (χ2n) is 6.47. The minimum Gasteiger partial charge on any atom is -0.351 e. The van der Waals surface area contributed by atoms with Crippen molar-refractivity contribution in [3.05, 3.63) is 23.8 Å². The van der Waals surface area contributed by atoms with Crippen molar-refractivity contribution in [2.24, 2.45) is 5.92 Å². The smallest absolute Gasteiger partial charge is 0.223 e. The Kier molecular flexibility index (Phi) is 4.08. The summed E-state index contributed by atoms with van der Waals surface area (Å²) in [5.74, 6) is 2.83. The van der Waals surface area contributed by atoms with Crippen molar-refractivity contribution in [3.63, 3.8) is 0 Å². The molecule has 0 unspecified atom stereocenters. The van der Waals surface area contributed by atoms with Crippen molar-refractivity contribution in [3.8, 4) is 0 Å². The van der Waals surface area contributed by atoms with E-state index in [0.29, 0.717) is 5.92 Å². The molecule has 0 spiro atoms. The zero-order valence-corrected chi connectivity index (χ0v) is 12.9. The average molecular weight is 288 g/mol. The van der Waals surface area contributed by atoms with Gasteiger partial charge in [-0.2, -0.15) is 0 Å². The summed E-state index contributed by atoms with van der Waals surface area (Å²) < 4.78 is 2.19. The van der Waals surface area contributed by atoms with Gasteiger partial charge in [-0.25, -0.2) is 0 Å². The van der Waals surface area contributed by atoms with Crippen LogP contribution in [-0.4, -0.2) is 26.7 Å². The van der Waals surface area contributed by atoms with Gasteiger partial charge in [-0.1, -0.05) is 26.0 Å². The van der Waals surface area contributed by atoms with Gasteiger partial charge in [0.1, 0.15) is 11.6 Å². The molecule has 5 nitrogen and oxygen atoms in total. The summed E-state index contributed by atoms with van der Waals surface area (Å²) >= 11 is 0. The number of aryl methyl sites for hydroxylation is 1. The van der Waals surface area contributed by atoms with Crippen LogP contribution in [-0.2, 0) is 17.8 Å². The van der Waals surface area contributed by atoms with E-state index in [0.717, 1.165) is 50.3 Å². The highest BCUT2D eigenvalue weighted by Crippen LogP contribution is 2.22. The number of nitrogens with zero attached hydrogens (tertiary/aromatic N) is 3. The maximum Gasteiger partial charge on any atom is 0.223 e. The number of allylic oxidation sites excluding steroid dienone is 2. The van der Waals surface area contributed by atoms with E-state index >= 15 is 0 Å². The molecular formula is C16H24N4O. The van der Waals surface area contributed by atoms with E-state index in [1.165, 1.54) is 0 Å². The van der Waals surface area contributed by atoms with Crippen LogP contribution in [0.4, 0.5) is 0 Å². The molecule has 1 aromatic heterocycles. The van der Waals surface area contributed by atoms with Gasteiger partial charge >= 0.3 is 0 Å². The molecule has 5 heteroatoms. The van der Waals surface area contributed by atoms with Gasteiger partial charge in [0.25, 0.3) is 0 Å². The summed E-state index contributed by atoms with van der Waals surface area (Å²) in [4.78, 5) is 12.3. The number of carbonyl (C=O) groups excluding carboxylic acids is 1. The Labute approximate surface area is 125 Å².